The van der Waals surface area contributed by atoms with Crippen molar-refractivity contribution >= 4 is 45.6 Å². The number of anilines is 2. The van der Waals surface area contributed by atoms with E-state index in [9.17, 15) is 9.59 Å². The Balaban J connectivity index is 1.70. The number of nitrogens with zero attached hydrogens (tertiary/aromatic N) is 1. The third-order valence-corrected chi connectivity index (χ3v) is 4.32. The zero-order chi connectivity index (χ0) is 17.6. The number of para-hydroxylation sites is 1. The first-order valence-electron chi connectivity index (χ1n) is 7.46. The molecule has 0 saturated heterocycles. The van der Waals surface area contributed by atoms with Gasteiger partial charge in [0.2, 0.25) is 5.91 Å². The molecule has 0 saturated carbocycles. The van der Waals surface area contributed by atoms with Gasteiger partial charge in [0, 0.05) is 16.6 Å². The molecule has 7 heteroatoms. The first-order valence-corrected chi connectivity index (χ1v) is 8.72. The summed E-state index contributed by atoms with van der Waals surface area (Å²) in [5, 5.41) is 8.39. The van der Waals surface area contributed by atoms with Gasteiger partial charge in [-0.25, -0.2) is 4.98 Å². The fourth-order valence-corrected chi connectivity index (χ4v) is 2.87. The summed E-state index contributed by atoms with van der Waals surface area (Å²) in [6.07, 6.45) is 1.81. The number of rotatable bonds is 5. The van der Waals surface area contributed by atoms with Crippen LogP contribution in [0.2, 0.25) is 5.02 Å². The Morgan fingerprint density at radius 2 is 1.80 bits per heavy atom. The van der Waals surface area contributed by atoms with Crippen LogP contribution in [0.4, 0.5) is 10.8 Å². The van der Waals surface area contributed by atoms with Gasteiger partial charge in [-0.05, 0) is 29.8 Å². The third kappa shape index (κ3) is 4.65. The maximum Gasteiger partial charge on any atom is 0.259 e. The summed E-state index contributed by atoms with van der Waals surface area (Å²) in [6.45, 7) is 0. The topological polar surface area (TPSA) is 71.1 Å². The summed E-state index contributed by atoms with van der Waals surface area (Å²) in [5.74, 6) is -0.533. The number of aromatic nitrogens is 1. The Kier molecular flexibility index (Phi) is 5.42. The summed E-state index contributed by atoms with van der Waals surface area (Å²) in [7, 11) is 0. The highest BCUT2D eigenvalue weighted by atomic mass is 35.5. The lowest BCUT2D eigenvalue weighted by atomic mass is 10.1. The summed E-state index contributed by atoms with van der Waals surface area (Å²) < 4.78 is 0. The molecule has 0 aliphatic rings. The minimum atomic E-state index is -0.322. The van der Waals surface area contributed by atoms with Crippen molar-refractivity contribution in [3.63, 3.8) is 0 Å². The lowest BCUT2D eigenvalue weighted by Gasteiger charge is -2.10. The van der Waals surface area contributed by atoms with Crippen LogP contribution in [0.15, 0.2) is 60.1 Å². The predicted octanol–water partition coefficient (Wildman–Crippen LogP) is 4.23. The second-order valence-electron chi connectivity index (χ2n) is 5.19. The molecule has 0 fully saturated rings. The van der Waals surface area contributed by atoms with Gasteiger partial charge in [0.25, 0.3) is 5.91 Å². The van der Waals surface area contributed by atoms with Crippen LogP contribution < -0.4 is 10.6 Å². The first-order chi connectivity index (χ1) is 12.1. The van der Waals surface area contributed by atoms with Gasteiger partial charge < -0.3 is 5.32 Å². The molecule has 2 N–H and O–H groups in total. The van der Waals surface area contributed by atoms with E-state index in [0.717, 1.165) is 5.56 Å². The number of carbonyl (C=O) groups excluding carboxylic acids is 2. The summed E-state index contributed by atoms with van der Waals surface area (Å²) >= 11 is 7.17. The average molecular weight is 372 g/mol. The molecule has 0 unspecified atom stereocenters. The van der Waals surface area contributed by atoms with Crippen LogP contribution in [0.1, 0.15) is 15.9 Å². The molecule has 0 atom stereocenters. The standard InChI is InChI=1S/C18H14ClN3O2S/c19-13-7-5-12(6-8-13)11-16(23)21-15-4-2-1-3-14(15)17(24)22-18-20-9-10-25-18/h1-10H,11H2,(H,21,23)(H,20,22,24). The first kappa shape index (κ1) is 17.1. The minimum Gasteiger partial charge on any atom is -0.325 e. The Labute approximate surface area is 153 Å². The maximum atomic E-state index is 12.4. The van der Waals surface area contributed by atoms with Gasteiger partial charge in [0.05, 0.1) is 17.7 Å². The molecule has 25 heavy (non-hydrogen) atoms. The summed E-state index contributed by atoms with van der Waals surface area (Å²) in [6, 6.07) is 13.9. The van der Waals surface area contributed by atoms with Crippen LogP contribution in [0, 0.1) is 0 Å². The van der Waals surface area contributed by atoms with Crippen LogP contribution >= 0.6 is 22.9 Å². The number of carbonyl (C=O) groups is 2. The number of amides is 2. The van der Waals surface area contributed by atoms with Gasteiger partial charge in [-0.2, -0.15) is 0 Å². The van der Waals surface area contributed by atoms with E-state index in [1.54, 1.807) is 60.1 Å². The van der Waals surface area contributed by atoms with Crippen molar-refractivity contribution in [3.05, 3.63) is 76.3 Å². The normalized spacial score (nSPS) is 10.3. The molecule has 0 aliphatic carbocycles. The molecular weight excluding hydrogens is 358 g/mol. The molecule has 5 nitrogen and oxygen atoms in total. The van der Waals surface area contributed by atoms with E-state index in [2.05, 4.69) is 15.6 Å². The van der Waals surface area contributed by atoms with Crippen LogP contribution in [0.5, 0.6) is 0 Å². The highest BCUT2D eigenvalue weighted by Gasteiger charge is 2.14. The largest absolute Gasteiger partial charge is 0.325 e. The van der Waals surface area contributed by atoms with Crippen molar-refractivity contribution in [2.45, 2.75) is 6.42 Å². The smallest absolute Gasteiger partial charge is 0.259 e. The van der Waals surface area contributed by atoms with Crippen LogP contribution in [-0.4, -0.2) is 16.8 Å². The Bertz CT molecular complexity index is 880. The molecule has 2 aromatic carbocycles. The lowest BCUT2D eigenvalue weighted by Crippen LogP contribution is -2.19. The number of hydrogen-bond acceptors (Lipinski definition) is 4. The third-order valence-electron chi connectivity index (χ3n) is 3.38. The molecule has 1 heterocycles. The number of benzene rings is 2. The zero-order valence-electron chi connectivity index (χ0n) is 13.0. The van der Waals surface area contributed by atoms with Crippen molar-refractivity contribution in [2.75, 3.05) is 10.6 Å². The van der Waals surface area contributed by atoms with E-state index in [1.165, 1.54) is 11.3 Å². The minimum absolute atomic E-state index is 0.194. The fraction of sp³-hybridized carbons (Fsp3) is 0.0556. The van der Waals surface area contributed by atoms with E-state index in [-0.39, 0.29) is 18.2 Å². The van der Waals surface area contributed by atoms with Gasteiger partial charge in [-0.15, -0.1) is 11.3 Å². The molecule has 0 radical (unpaired) electrons. The second kappa shape index (κ2) is 7.92. The van der Waals surface area contributed by atoms with Crippen molar-refractivity contribution in [3.8, 4) is 0 Å². The Hall–Kier alpha value is -2.70. The number of hydrogen-bond donors (Lipinski definition) is 2. The monoisotopic (exact) mass is 371 g/mol. The quantitative estimate of drug-likeness (QED) is 0.705. The van der Waals surface area contributed by atoms with E-state index in [4.69, 9.17) is 11.6 Å². The van der Waals surface area contributed by atoms with Gasteiger partial charge in [0.1, 0.15) is 0 Å². The molecular formula is C18H14ClN3O2S. The lowest BCUT2D eigenvalue weighted by molar-refractivity contribution is -0.115. The molecule has 0 aliphatic heterocycles. The molecule has 0 bridgehead atoms. The predicted molar refractivity (Wildman–Crippen MR) is 100 cm³/mol. The van der Waals surface area contributed by atoms with Crippen LogP contribution in [0.3, 0.4) is 0 Å². The van der Waals surface area contributed by atoms with Crippen molar-refractivity contribution in [1.82, 2.24) is 4.98 Å². The number of thiazole rings is 1. The van der Waals surface area contributed by atoms with E-state index in [1.807, 2.05) is 0 Å². The molecule has 3 rings (SSSR count). The van der Waals surface area contributed by atoms with E-state index < -0.39 is 0 Å². The van der Waals surface area contributed by atoms with Gasteiger partial charge in [-0.3, -0.25) is 14.9 Å². The van der Waals surface area contributed by atoms with Gasteiger partial charge >= 0.3 is 0 Å². The SMILES string of the molecule is O=C(Cc1ccc(Cl)cc1)Nc1ccccc1C(=O)Nc1nccs1. The fourth-order valence-electron chi connectivity index (χ4n) is 2.22. The van der Waals surface area contributed by atoms with Gasteiger partial charge in [0.15, 0.2) is 5.13 Å². The zero-order valence-corrected chi connectivity index (χ0v) is 14.6. The van der Waals surface area contributed by atoms with Crippen LogP contribution in [-0.2, 0) is 11.2 Å². The van der Waals surface area contributed by atoms with Gasteiger partial charge in [-0.1, -0.05) is 35.9 Å². The van der Waals surface area contributed by atoms with Crippen LogP contribution in [0.25, 0.3) is 0 Å². The van der Waals surface area contributed by atoms with E-state index >= 15 is 0 Å². The summed E-state index contributed by atoms with van der Waals surface area (Å²) in [5.41, 5.74) is 1.67. The van der Waals surface area contributed by atoms with Crippen molar-refractivity contribution in [2.24, 2.45) is 0 Å². The highest BCUT2D eigenvalue weighted by molar-refractivity contribution is 7.13. The molecule has 126 valence electrons. The Morgan fingerprint density at radius 3 is 2.52 bits per heavy atom. The maximum absolute atomic E-state index is 12.4. The molecule has 0 spiro atoms. The highest BCUT2D eigenvalue weighted by Crippen LogP contribution is 2.19. The Morgan fingerprint density at radius 1 is 1.04 bits per heavy atom. The van der Waals surface area contributed by atoms with Crippen molar-refractivity contribution in [1.29, 1.82) is 0 Å². The second-order valence-corrected chi connectivity index (χ2v) is 6.52. The average Bonchev–Trinajstić information content (AvgIpc) is 3.10. The number of halogens is 1. The molecule has 3 aromatic rings. The molecule has 2 amide bonds. The van der Waals surface area contributed by atoms with E-state index in [0.29, 0.717) is 21.4 Å². The number of nitrogens with one attached hydrogen (secondary N) is 2. The molecule has 1 aromatic heterocycles. The van der Waals surface area contributed by atoms with Crippen molar-refractivity contribution < 1.29 is 9.59 Å². The summed E-state index contributed by atoms with van der Waals surface area (Å²) in [4.78, 5) is 28.7.